The smallest absolute Gasteiger partial charge is 0.239 e. The fraction of sp³-hybridized carbons (Fsp3) is 0.115. The van der Waals surface area contributed by atoms with E-state index in [1.165, 1.54) is 0 Å². The summed E-state index contributed by atoms with van der Waals surface area (Å²) in [6.45, 7) is 0.535. The normalized spacial score (nSPS) is 11.8. The van der Waals surface area contributed by atoms with Crippen LogP contribution in [0.25, 0.3) is 21.8 Å². The minimum atomic E-state index is -3.70. The van der Waals surface area contributed by atoms with Crippen molar-refractivity contribution in [2.24, 2.45) is 0 Å². The summed E-state index contributed by atoms with van der Waals surface area (Å²) >= 11 is 0. The Balaban J connectivity index is 1.34. The van der Waals surface area contributed by atoms with Crippen LogP contribution >= 0.6 is 0 Å². The summed E-state index contributed by atoms with van der Waals surface area (Å²) in [5.74, 6) is -0.167. The molecule has 2 heterocycles. The van der Waals surface area contributed by atoms with E-state index in [1.807, 2.05) is 36.5 Å². The van der Waals surface area contributed by atoms with Gasteiger partial charge in [-0.05, 0) is 36.2 Å². The Kier molecular flexibility index (Phi) is 5.48. The van der Waals surface area contributed by atoms with Crippen LogP contribution in [0.2, 0.25) is 0 Å². The minimum absolute atomic E-state index is 0.0404. The lowest BCUT2D eigenvalue weighted by Gasteiger charge is -2.07. The van der Waals surface area contributed by atoms with Crippen molar-refractivity contribution in [1.29, 1.82) is 0 Å². The van der Waals surface area contributed by atoms with Gasteiger partial charge >= 0.3 is 0 Å². The van der Waals surface area contributed by atoms with Crippen LogP contribution in [0.1, 0.15) is 5.56 Å². The van der Waals surface area contributed by atoms with Crippen LogP contribution in [0.4, 0.5) is 0 Å². The van der Waals surface area contributed by atoms with E-state index in [4.69, 9.17) is 0 Å². The van der Waals surface area contributed by atoms with Crippen molar-refractivity contribution in [3.63, 3.8) is 0 Å². The van der Waals surface area contributed by atoms with Crippen LogP contribution in [0.5, 0.6) is 0 Å². The molecule has 0 aliphatic heterocycles. The first kappa shape index (κ1) is 21.0. The monoisotopic (exact) mass is 457 g/mol. The van der Waals surface area contributed by atoms with Crippen molar-refractivity contribution in [2.45, 2.75) is 22.8 Å². The van der Waals surface area contributed by atoms with Crippen LogP contribution in [-0.4, -0.2) is 30.4 Å². The van der Waals surface area contributed by atoms with E-state index >= 15 is 0 Å². The summed E-state index contributed by atoms with van der Waals surface area (Å²) in [5.41, 5.74) is 2.93. The Labute approximate surface area is 191 Å². The minimum Gasteiger partial charge on any atom is -0.361 e. The molecule has 0 fully saturated rings. The van der Waals surface area contributed by atoms with Gasteiger partial charge in [0.2, 0.25) is 15.7 Å². The first-order chi connectivity index (χ1) is 16.0. The number of carbonyl (C=O) groups excluding carboxylic acids is 1. The first-order valence-electron chi connectivity index (χ1n) is 10.7. The zero-order valence-corrected chi connectivity index (χ0v) is 18.7. The fourth-order valence-electron chi connectivity index (χ4n) is 4.17. The zero-order chi connectivity index (χ0) is 22.8. The number of hydrogen-bond donors (Lipinski definition) is 2. The molecule has 3 aromatic carbocycles. The van der Waals surface area contributed by atoms with Crippen LogP contribution in [0.15, 0.2) is 101 Å². The number of nitrogens with one attached hydrogen (secondary N) is 2. The molecule has 5 rings (SSSR count). The number of aromatic nitrogens is 2. The number of benzene rings is 3. The van der Waals surface area contributed by atoms with E-state index < -0.39 is 9.84 Å². The molecule has 0 spiro atoms. The first-order valence-corrected chi connectivity index (χ1v) is 12.2. The van der Waals surface area contributed by atoms with Crippen molar-refractivity contribution in [1.82, 2.24) is 14.9 Å². The maximum Gasteiger partial charge on any atom is 0.239 e. The number of hydrogen-bond acceptors (Lipinski definition) is 3. The number of H-pyrrole nitrogens is 1. The van der Waals surface area contributed by atoms with Gasteiger partial charge in [0.25, 0.3) is 0 Å². The van der Waals surface area contributed by atoms with Gasteiger partial charge in [0, 0.05) is 40.7 Å². The highest BCUT2D eigenvalue weighted by Gasteiger charge is 2.23. The third kappa shape index (κ3) is 4.03. The summed E-state index contributed by atoms with van der Waals surface area (Å²) in [6, 6.07) is 23.7. The molecule has 0 saturated carbocycles. The molecule has 7 heteroatoms. The molecule has 0 aliphatic carbocycles. The number of carbonyl (C=O) groups is 1. The number of rotatable bonds is 7. The highest BCUT2D eigenvalue weighted by Crippen LogP contribution is 2.30. The van der Waals surface area contributed by atoms with Crippen molar-refractivity contribution >= 4 is 37.6 Å². The van der Waals surface area contributed by atoms with Gasteiger partial charge in [0.1, 0.15) is 6.54 Å². The van der Waals surface area contributed by atoms with Crippen LogP contribution in [0.3, 0.4) is 0 Å². The topological polar surface area (TPSA) is 84.0 Å². The Hall–Kier alpha value is -3.84. The summed E-state index contributed by atoms with van der Waals surface area (Å²) in [7, 11) is -3.70. The highest BCUT2D eigenvalue weighted by molar-refractivity contribution is 7.91. The fourth-order valence-corrected chi connectivity index (χ4v) is 5.67. The summed E-state index contributed by atoms with van der Waals surface area (Å²) in [5, 5.41) is 4.71. The van der Waals surface area contributed by atoms with Crippen molar-refractivity contribution < 1.29 is 13.2 Å². The molecular formula is C26H23N3O3S. The van der Waals surface area contributed by atoms with Crippen LogP contribution in [-0.2, 0) is 27.6 Å². The second-order valence-electron chi connectivity index (χ2n) is 7.91. The molecule has 33 heavy (non-hydrogen) atoms. The van der Waals surface area contributed by atoms with Gasteiger partial charge in [-0.15, -0.1) is 0 Å². The average molecular weight is 458 g/mol. The SMILES string of the molecule is O=C(Cn1cc(S(=O)(=O)c2ccccc2)c2ccccc21)NCCc1c[nH]c2ccccc12. The van der Waals surface area contributed by atoms with Crippen LogP contribution < -0.4 is 5.32 Å². The van der Waals surface area contributed by atoms with Gasteiger partial charge in [-0.25, -0.2) is 8.42 Å². The standard InChI is InChI=1S/C26H23N3O3S/c30-26(27-15-14-19-16-28-23-12-6-4-10-21(19)23)18-29-17-25(22-11-5-7-13-24(22)29)33(31,32)20-8-2-1-3-9-20/h1-13,16-17,28H,14-15,18H2,(H,27,30). The van der Waals surface area contributed by atoms with Gasteiger partial charge in [-0.3, -0.25) is 4.79 Å². The molecule has 5 aromatic rings. The Morgan fingerprint density at radius 1 is 0.879 bits per heavy atom. The molecule has 0 bridgehead atoms. The molecule has 2 aromatic heterocycles. The molecule has 0 radical (unpaired) electrons. The number of para-hydroxylation sites is 2. The summed E-state index contributed by atoms with van der Waals surface area (Å²) < 4.78 is 28.2. The molecule has 6 nitrogen and oxygen atoms in total. The molecule has 1 amide bonds. The molecule has 0 atom stereocenters. The predicted octanol–water partition coefficient (Wildman–Crippen LogP) is 4.31. The number of nitrogens with zero attached hydrogens (tertiary/aromatic N) is 1. The largest absolute Gasteiger partial charge is 0.361 e. The number of amides is 1. The van der Waals surface area contributed by atoms with E-state index in [-0.39, 0.29) is 22.2 Å². The lowest BCUT2D eigenvalue weighted by atomic mass is 10.1. The Morgan fingerprint density at radius 2 is 1.58 bits per heavy atom. The van der Waals surface area contributed by atoms with Gasteiger partial charge in [-0.1, -0.05) is 54.6 Å². The average Bonchev–Trinajstić information content (AvgIpc) is 3.42. The van der Waals surface area contributed by atoms with E-state index in [1.54, 1.807) is 53.2 Å². The van der Waals surface area contributed by atoms with Crippen LogP contribution in [0, 0.1) is 0 Å². The number of aromatic amines is 1. The quantitative estimate of drug-likeness (QED) is 0.382. The second kappa shape index (κ2) is 8.60. The molecule has 0 aliphatic rings. The Bertz CT molecular complexity index is 1550. The maximum atomic E-state index is 13.2. The van der Waals surface area contributed by atoms with Gasteiger partial charge in [0.05, 0.1) is 9.79 Å². The third-order valence-corrected chi connectivity index (χ3v) is 7.60. The highest BCUT2D eigenvalue weighted by atomic mass is 32.2. The molecule has 0 saturated heterocycles. The van der Waals surface area contributed by atoms with E-state index in [9.17, 15) is 13.2 Å². The van der Waals surface area contributed by atoms with Gasteiger partial charge < -0.3 is 14.9 Å². The Morgan fingerprint density at radius 3 is 2.39 bits per heavy atom. The molecule has 0 unspecified atom stereocenters. The predicted molar refractivity (Wildman–Crippen MR) is 129 cm³/mol. The maximum absolute atomic E-state index is 13.2. The van der Waals surface area contributed by atoms with E-state index in [2.05, 4.69) is 16.4 Å². The lowest BCUT2D eigenvalue weighted by Crippen LogP contribution is -2.29. The number of fused-ring (bicyclic) bond motifs is 2. The molecular weight excluding hydrogens is 434 g/mol. The summed E-state index contributed by atoms with van der Waals surface area (Å²) in [4.78, 5) is 16.4. The van der Waals surface area contributed by atoms with Gasteiger partial charge in [-0.2, -0.15) is 0 Å². The number of sulfone groups is 1. The molecule has 166 valence electrons. The third-order valence-electron chi connectivity index (χ3n) is 5.80. The molecule has 2 N–H and O–H groups in total. The van der Waals surface area contributed by atoms with Gasteiger partial charge in [0.15, 0.2) is 0 Å². The second-order valence-corrected chi connectivity index (χ2v) is 9.83. The van der Waals surface area contributed by atoms with Crippen molar-refractivity contribution in [3.8, 4) is 0 Å². The summed E-state index contributed by atoms with van der Waals surface area (Å²) in [6.07, 6.45) is 4.24. The zero-order valence-electron chi connectivity index (χ0n) is 17.9. The van der Waals surface area contributed by atoms with Crippen molar-refractivity contribution in [3.05, 3.63) is 96.8 Å². The lowest BCUT2D eigenvalue weighted by molar-refractivity contribution is -0.121. The van der Waals surface area contributed by atoms with Crippen molar-refractivity contribution in [2.75, 3.05) is 6.54 Å². The van der Waals surface area contributed by atoms with E-state index in [0.717, 1.165) is 16.5 Å². The van der Waals surface area contributed by atoms with E-state index in [0.29, 0.717) is 23.9 Å².